The average molecular weight is 504 g/mol. The van der Waals surface area contributed by atoms with Crippen molar-refractivity contribution in [3.8, 4) is 11.5 Å². The summed E-state index contributed by atoms with van der Waals surface area (Å²) in [4.78, 5) is 24.2. The minimum atomic E-state index is -0.751. The lowest BCUT2D eigenvalue weighted by Gasteiger charge is -2.36. The number of nitrogens with two attached hydrogens (primary N) is 1. The monoisotopic (exact) mass is 503 g/mol. The topological polar surface area (TPSA) is 108 Å². The second-order valence-corrected chi connectivity index (χ2v) is 9.27. The first kappa shape index (κ1) is 24.9. The lowest BCUT2D eigenvalue weighted by atomic mass is 10.0. The molecule has 0 spiro atoms. The Morgan fingerprint density at radius 2 is 1.86 bits per heavy atom. The summed E-state index contributed by atoms with van der Waals surface area (Å²) in [5.41, 5.74) is 9.27. The first-order chi connectivity index (χ1) is 18.0. The number of pyridine rings is 1. The van der Waals surface area contributed by atoms with Gasteiger partial charge in [-0.15, -0.1) is 0 Å². The van der Waals surface area contributed by atoms with Gasteiger partial charge in [0.25, 0.3) is 0 Å². The van der Waals surface area contributed by atoms with Crippen molar-refractivity contribution < 1.29 is 19.0 Å². The largest absolute Gasteiger partial charge is 0.453 e. The Morgan fingerprint density at radius 1 is 1.08 bits per heavy atom. The molecule has 1 saturated heterocycles. The van der Waals surface area contributed by atoms with E-state index in [9.17, 15) is 14.3 Å². The van der Waals surface area contributed by atoms with Gasteiger partial charge in [-0.25, -0.2) is 9.37 Å². The van der Waals surface area contributed by atoms with Crippen LogP contribution in [0.3, 0.4) is 0 Å². The summed E-state index contributed by atoms with van der Waals surface area (Å²) in [6, 6.07) is 15.7. The number of amides is 1. The molecule has 5 rings (SSSR count). The van der Waals surface area contributed by atoms with Crippen molar-refractivity contribution in [2.75, 3.05) is 26.2 Å². The number of piperazine rings is 1. The third-order valence-electron chi connectivity index (χ3n) is 6.71. The van der Waals surface area contributed by atoms with Crippen LogP contribution in [0.2, 0.25) is 0 Å². The van der Waals surface area contributed by atoms with Gasteiger partial charge in [0, 0.05) is 50.7 Å². The molecule has 1 amide bonds. The lowest BCUT2D eigenvalue weighted by molar-refractivity contribution is -0.134. The number of rotatable bonds is 8. The number of aliphatic hydroxyl groups is 1. The van der Waals surface area contributed by atoms with Gasteiger partial charge in [0.05, 0.1) is 18.0 Å². The molecule has 0 aliphatic carbocycles. The molecule has 1 atom stereocenters. The van der Waals surface area contributed by atoms with Crippen LogP contribution in [-0.4, -0.2) is 63.0 Å². The molecule has 1 fully saturated rings. The Bertz CT molecular complexity index is 1370. The number of nitrogens with one attached hydrogen (secondary N) is 1. The molecule has 37 heavy (non-hydrogen) atoms. The van der Waals surface area contributed by atoms with Crippen molar-refractivity contribution in [2.24, 2.45) is 5.73 Å². The van der Waals surface area contributed by atoms with Gasteiger partial charge in [-0.05, 0) is 35.7 Å². The van der Waals surface area contributed by atoms with Crippen molar-refractivity contribution in [1.29, 1.82) is 0 Å². The van der Waals surface area contributed by atoms with Gasteiger partial charge in [0.15, 0.2) is 11.6 Å². The van der Waals surface area contributed by atoms with E-state index in [2.05, 4.69) is 27.0 Å². The first-order valence-corrected chi connectivity index (χ1v) is 12.3. The van der Waals surface area contributed by atoms with Crippen LogP contribution in [0.5, 0.6) is 11.5 Å². The number of aliphatic hydroxyl groups excluding tert-OH is 1. The molecule has 4 N–H and O–H groups in total. The number of benzene rings is 2. The van der Waals surface area contributed by atoms with Crippen LogP contribution in [-0.2, 0) is 24.4 Å². The smallest absolute Gasteiger partial charge is 0.239 e. The number of nitrogens with zero attached hydrogens (tertiary/aromatic N) is 3. The molecule has 0 radical (unpaired) electrons. The van der Waals surface area contributed by atoms with Crippen molar-refractivity contribution in [3.05, 3.63) is 89.5 Å². The van der Waals surface area contributed by atoms with E-state index < -0.39 is 11.9 Å². The number of ether oxygens (including phenoxy) is 1. The zero-order valence-electron chi connectivity index (χ0n) is 20.4. The van der Waals surface area contributed by atoms with Crippen LogP contribution >= 0.6 is 0 Å². The lowest BCUT2D eigenvalue weighted by Crippen LogP contribution is -2.53. The summed E-state index contributed by atoms with van der Waals surface area (Å²) in [5.74, 6) is -0.253. The second-order valence-electron chi connectivity index (χ2n) is 9.27. The Kier molecular flexibility index (Phi) is 7.45. The van der Waals surface area contributed by atoms with E-state index >= 15 is 0 Å². The highest BCUT2D eigenvalue weighted by atomic mass is 19.1. The van der Waals surface area contributed by atoms with Crippen LogP contribution in [0.4, 0.5) is 4.39 Å². The molecule has 4 aromatic rings. The van der Waals surface area contributed by atoms with Crippen molar-refractivity contribution >= 4 is 16.9 Å². The predicted octanol–water partition coefficient (Wildman–Crippen LogP) is 3.20. The quantitative estimate of drug-likeness (QED) is 0.341. The number of aromatic nitrogens is 2. The van der Waals surface area contributed by atoms with Crippen LogP contribution in [0.1, 0.15) is 16.7 Å². The van der Waals surface area contributed by atoms with E-state index in [1.54, 1.807) is 29.4 Å². The highest BCUT2D eigenvalue weighted by Gasteiger charge is 2.26. The number of hydrogen-bond donors (Lipinski definition) is 3. The molecule has 0 saturated carbocycles. The van der Waals surface area contributed by atoms with Crippen LogP contribution < -0.4 is 10.5 Å². The third kappa shape index (κ3) is 5.64. The van der Waals surface area contributed by atoms with Crippen LogP contribution in [0, 0.1) is 5.82 Å². The zero-order chi connectivity index (χ0) is 25.8. The Morgan fingerprint density at radius 3 is 2.59 bits per heavy atom. The van der Waals surface area contributed by atoms with Gasteiger partial charge < -0.3 is 25.5 Å². The van der Waals surface area contributed by atoms with Crippen molar-refractivity contribution in [1.82, 2.24) is 19.8 Å². The van der Waals surface area contributed by atoms with E-state index in [1.165, 1.54) is 17.7 Å². The maximum atomic E-state index is 14.9. The maximum Gasteiger partial charge on any atom is 0.239 e. The number of fused-ring (bicyclic) bond motifs is 1. The Balaban J connectivity index is 1.18. The average Bonchev–Trinajstić information content (AvgIpc) is 3.35. The Hall–Kier alpha value is -3.79. The normalized spacial score (nSPS) is 15.2. The van der Waals surface area contributed by atoms with Gasteiger partial charge in [-0.3, -0.25) is 9.69 Å². The molecule has 1 aliphatic rings. The molecule has 2 aromatic carbocycles. The number of halogens is 1. The van der Waals surface area contributed by atoms with Gasteiger partial charge in [0.1, 0.15) is 11.4 Å². The van der Waals surface area contributed by atoms with E-state index in [-0.39, 0.29) is 24.7 Å². The predicted molar refractivity (Wildman–Crippen MR) is 138 cm³/mol. The molecular formula is C28H30FN5O3. The summed E-state index contributed by atoms with van der Waals surface area (Å²) in [5, 5.41) is 10.2. The highest BCUT2D eigenvalue weighted by molar-refractivity contribution is 5.86. The summed E-state index contributed by atoms with van der Waals surface area (Å²) in [6.07, 6.45) is 3.42. The zero-order valence-corrected chi connectivity index (χ0v) is 20.4. The minimum absolute atomic E-state index is 0.0378. The van der Waals surface area contributed by atoms with Crippen LogP contribution in [0.15, 0.2) is 67.0 Å². The minimum Gasteiger partial charge on any atom is -0.453 e. The molecule has 0 bridgehead atoms. The van der Waals surface area contributed by atoms with E-state index in [4.69, 9.17) is 10.5 Å². The first-order valence-electron chi connectivity index (χ1n) is 12.3. The molecule has 9 heteroatoms. The summed E-state index contributed by atoms with van der Waals surface area (Å²) < 4.78 is 20.8. The molecule has 1 aliphatic heterocycles. The summed E-state index contributed by atoms with van der Waals surface area (Å²) in [7, 11) is 0. The molecule has 2 aromatic heterocycles. The fourth-order valence-electron chi connectivity index (χ4n) is 4.72. The van der Waals surface area contributed by atoms with E-state index in [0.29, 0.717) is 41.0 Å². The van der Waals surface area contributed by atoms with Gasteiger partial charge >= 0.3 is 0 Å². The molecular weight excluding hydrogens is 473 g/mol. The standard InChI is InChI=1S/C28H30FN5O3/c29-22-14-20(6-7-24(22)37-25-8-9-31-27-26(25)21(18-35)16-32-27)15-23(30)28(36)34-12-10-33(11-13-34)17-19-4-2-1-3-5-19/h1-9,14,16,23,35H,10-13,15,17-18,30H2,(H,31,32). The summed E-state index contributed by atoms with van der Waals surface area (Å²) in [6.45, 7) is 3.48. The SMILES string of the molecule is NC(Cc1ccc(Oc2ccnc3[nH]cc(CO)c23)c(F)c1)C(=O)N1CCN(Cc2ccccc2)CC1. The van der Waals surface area contributed by atoms with E-state index in [0.717, 1.165) is 19.6 Å². The van der Waals surface area contributed by atoms with Gasteiger partial charge in [-0.2, -0.15) is 0 Å². The molecule has 192 valence electrons. The number of H-pyrrole nitrogens is 1. The van der Waals surface area contributed by atoms with Gasteiger partial charge in [-0.1, -0.05) is 36.4 Å². The van der Waals surface area contributed by atoms with Crippen LogP contribution in [0.25, 0.3) is 11.0 Å². The fourth-order valence-corrected chi connectivity index (χ4v) is 4.72. The molecule has 3 heterocycles. The summed E-state index contributed by atoms with van der Waals surface area (Å²) >= 11 is 0. The number of carbonyl (C=O) groups is 1. The number of aromatic amines is 1. The number of hydrogen-bond acceptors (Lipinski definition) is 6. The maximum absolute atomic E-state index is 14.9. The van der Waals surface area contributed by atoms with Crippen molar-refractivity contribution in [2.45, 2.75) is 25.6 Å². The van der Waals surface area contributed by atoms with Gasteiger partial charge in [0.2, 0.25) is 5.91 Å². The fraction of sp³-hybridized carbons (Fsp3) is 0.286. The van der Waals surface area contributed by atoms with E-state index in [1.807, 2.05) is 18.2 Å². The number of carbonyl (C=O) groups excluding carboxylic acids is 1. The third-order valence-corrected chi connectivity index (χ3v) is 6.71. The highest BCUT2D eigenvalue weighted by Crippen LogP contribution is 2.32. The second kappa shape index (κ2) is 11.1. The molecule has 1 unspecified atom stereocenters. The van der Waals surface area contributed by atoms with Crippen molar-refractivity contribution in [3.63, 3.8) is 0 Å². The molecule has 8 nitrogen and oxygen atoms in total. The Labute approximate surface area is 214 Å².